The largest absolute Gasteiger partial charge is 0.390 e. The lowest BCUT2D eigenvalue weighted by Gasteiger charge is -2.65. The third-order valence-corrected chi connectivity index (χ3v) is 7.33. The van der Waals surface area contributed by atoms with Gasteiger partial charge >= 0.3 is 0 Å². The van der Waals surface area contributed by atoms with Gasteiger partial charge in [-0.25, -0.2) is 0 Å². The highest BCUT2D eigenvalue weighted by atomic mass is 16.6. The van der Waals surface area contributed by atoms with Gasteiger partial charge in [0, 0.05) is 32.8 Å². The van der Waals surface area contributed by atoms with Crippen LogP contribution in [0.1, 0.15) is 57.8 Å². The summed E-state index contributed by atoms with van der Waals surface area (Å²) in [6.45, 7) is 2.98. The molecule has 0 radical (unpaired) electrons. The summed E-state index contributed by atoms with van der Waals surface area (Å²) >= 11 is 0. The normalized spacial score (nSPS) is 56.0. The first-order valence-electron chi connectivity index (χ1n) is 9.44. The van der Waals surface area contributed by atoms with E-state index in [9.17, 15) is 5.11 Å². The zero-order chi connectivity index (χ0) is 15.6. The highest BCUT2D eigenvalue weighted by Crippen LogP contribution is 2.66. The Morgan fingerprint density at radius 1 is 0.652 bits per heavy atom. The number of hydrogen-bond donors (Lipinski definition) is 1. The Hall–Kier alpha value is -0.200. The zero-order valence-corrected chi connectivity index (χ0v) is 13.8. The molecule has 0 aromatic rings. The summed E-state index contributed by atoms with van der Waals surface area (Å²) < 4.78 is 25.7. The Balaban J connectivity index is 1.71. The highest BCUT2D eigenvalue weighted by Gasteiger charge is 2.80. The zero-order valence-electron chi connectivity index (χ0n) is 13.8. The van der Waals surface area contributed by atoms with Crippen molar-refractivity contribution in [1.29, 1.82) is 0 Å². The lowest BCUT2D eigenvalue weighted by atomic mass is 9.52. The van der Waals surface area contributed by atoms with Crippen LogP contribution in [-0.4, -0.2) is 60.0 Å². The topological polar surface area (TPSA) is 57.2 Å². The summed E-state index contributed by atoms with van der Waals surface area (Å²) in [5.41, 5.74) is -2.00. The van der Waals surface area contributed by atoms with Crippen molar-refractivity contribution < 1.29 is 24.1 Å². The average molecular weight is 324 g/mol. The van der Waals surface area contributed by atoms with Crippen LogP contribution in [0.25, 0.3) is 0 Å². The summed E-state index contributed by atoms with van der Waals surface area (Å²) in [6, 6.07) is 0. The Morgan fingerprint density at radius 2 is 1.26 bits per heavy atom. The van der Waals surface area contributed by atoms with Crippen LogP contribution in [0.2, 0.25) is 0 Å². The molecule has 4 spiro atoms. The van der Waals surface area contributed by atoms with E-state index in [4.69, 9.17) is 18.9 Å². The fraction of sp³-hybridized carbons (Fsp3) is 1.00. The minimum Gasteiger partial charge on any atom is -0.390 e. The van der Waals surface area contributed by atoms with E-state index in [1.807, 2.05) is 0 Å². The molecule has 4 heterocycles. The number of aliphatic hydroxyl groups is 1. The number of ether oxygens (including phenoxy) is 4. The molecule has 1 saturated carbocycles. The molecule has 5 rings (SSSR count). The first-order valence-corrected chi connectivity index (χ1v) is 9.44. The second kappa shape index (κ2) is 4.92. The minimum absolute atomic E-state index is 0.398. The van der Waals surface area contributed by atoms with Crippen LogP contribution >= 0.6 is 0 Å². The maximum atomic E-state index is 11.2. The van der Waals surface area contributed by atoms with Crippen LogP contribution in [0, 0.1) is 0 Å². The molecule has 4 saturated heterocycles. The number of fused-ring (bicyclic) bond motifs is 3. The molecule has 5 nitrogen and oxygen atoms in total. The standard InChI is InChI=1S/C18H28O5/c19-14-13-15(5-1-9-20-15)17(7-3-11-22-17)18(8-4-12-23-18)16(14)6-2-10-21-16/h14,19H,1-13H2/t14-,15+,16-,17+,18-/m0/s1. The van der Waals surface area contributed by atoms with Gasteiger partial charge in [-0.05, 0) is 51.4 Å². The lowest BCUT2D eigenvalue weighted by molar-refractivity contribution is -0.356. The fourth-order valence-corrected chi connectivity index (χ4v) is 6.65. The van der Waals surface area contributed by atoms with Crippen LogP contribution in [0.3, 0.4) is 0 Å². The molecule has 1 N–H and O–H groups in total. The van der Waals surface area contributed by atoms with E-state index in [1.54, 1.807) is 0 Å². The van der Waals surface area contributed by atoms with Crippen molar-refractivity contribution in [3.8, 4) is 0 Å². The lowest BCUT2D eigenvalue weighted by Crippen LogP contribution is -2.82. The summed E-state index contributed by atoms with van der Waals surface area (Å²) in [6.07, 6.45) is 7.89. The number of rotatable bonds is 0. The van der Waals surface area contributed by atoms with Gasteiger partial charge in [0.05, 0.1) is 6.10 Å². The molecule has 1 aliphatic carbocycles. The summed E-state index contributed by atoms with van der Waals surface area (Å²) in [4.78, 5) is 0. The molecule has 0 bridgehead atoms. The monoisotopic (exact) mass is 324 g/mol. The average Bonchev–Trinajstić information content (AvgIpc) is 3.30. The van der Waals surface area contributed by atoms with Gasteiger partial charge < -0.3 is 24.1 Å². The Bertz CT molecular complexity index is 466. The van der Waals surface area contributed by atoms with Gasteiger partial charge in [-0.15, -0.1) is 0 Å². The molecule has 0 unspecified atom stereocenters. The summed E-state index contributed by atoms with van der Waals surface area (Å²) in [5.74, 6) is 0. The van der Waals surface area contributed by atoms with Gasteiger partial charge in [-0.3, -0.25) is 0 Å². The second-order valence-corrected chi connectivity index (χ2v) is 8.07. The van der Waals surface area contributed by atoms with E-state index >= 15 is 0 Å². The summed E-state index contributed by atoms with van der Waals surface area (Å²) in [7, 11) is 0. The Labute approximate surface area is 137 Å². The molecule has 0 aromatic carbocycles. The molecule has 0 amide bonds. The van der Waals surface area contributed by atoms with Gasteiger partial charge in [0.1, 0.15) is 22.4 Å². The van der Waals surface area contributed by atoms with Crippen LogP contribution < -0.4 is 0 Å². The molecule has 5 fully saturated rings. The maximum absolute atomic E-state index is 11.2. The van der Waals surface area contributed by atoms with E-state index in [2.05, 4.69) is 0 Å². The molecule has 0 aromatic heterocycles. The van der Waals surface area contributed by atoms with Crippen molar-refractivity contribution in [3.05, 3.63) is 0 Å². The maximum Gasteiger partial charge on any atom is 0.131 e. The third kappa shape index (κ3) is 1.57. The van der Waals surface area contributed by atoms with E-state index in [0.29, 0.717) is 13.0 Å². The number of hydrogen-bond acceptors (Lipinski definition) is 5. The highest BCUT2D eigenvalue weighted by molar-refractivity contribution is 5.31. The van der Waals surface area contributed by atoms with Gasteiger partial charge in [0.2, 0.25) is 0 Å². The van der Waals surface area contributed by atoms with Gasteiger partial charge in [-0.2, -0.15) is 0 Å². The van der Waals surface area contributed by atoms with Crippen molar-refractivity contribution in [2.45, 2.75) is 86.3 Å². The summed E-state index contributed by atoms with van der Waals surface area (Å²) in [5, 5.41) is 11.2. The van der Waals surface area contributed by atoms with Gasteiger partial charge in [-0.1, -0.05) is 0 Å². The molecule has 23 heavy (non-hydrogen) atoms. The van der Waals surface area contributed by atoms with Crippen molar-refractivity contribution in [2.24, 2.45) is 0 Å². The van der Waals surface area contributed by atoms with Crippen molar-refractivity contribution >= 4 is 0 Å². The van der Waals surface area contributed by atoms with Crippen LogP contribution in [-0.2, 0) is 18.9 Å². The van der Waals surface area contributed by atoms with Crippen molar-refractivity contribution in [1.82, 2.24) is 0 Å². The van der Waals surface area contributed by atoms with Crippen LogP contribution in [0.4, 0.5) is 0 Å². The first kappa shape index (κ1) is 15.1. The molecule has 5 heteroatoms. The minimum atomic E-state index is -0.606. The predicted molar refractivity (Wildman–Crippen MR) is 82.3 cm³/mol. The molecule has 4 aliphatic heterocycles. The molecule has 5 atom stereocenters. The quantitative estimate of drug-likeness (QED) is 0.738. The smallest absolute Gasteiger partial charge is 0.131 e. The van der Waals surface area contributed by atoms with Crippen molar-refractivity contribution in [3.63, 3.8) is 0 Å². The Kier molecular flexibility index (Phi) is 3.22. The van der Waals surface area contributed by atoms with Gasteiger partial charge in [0.15, 0.2) is 0 Å². The fourth-order valence-electron chi connectivity index (χ4n) is 6.65. The van der Waals surface area contributed by atoms with E-state index in [0.717, 1.165) is 71.2 Å². The second-order valence-electron chi connectivity index (χ2n) is 8.07. The Morgan fingerprint density at radius 3 is 1.83 bits per heavy atom. The van der Waals surface area contributed by atoms with E-state index in [-0.39, 0.29) is 0 Å². The molecule has 130 valence electrons. The molecular formula is C18H28O5. The third-order valence-electron chi connectivity index (χ3n) is 7.33. The van der Waals surface area contributed by atoms with E-state index < -0.39 is 28.5 Å². The van der Waals surface area contributed by atoms with Crippen molar-refractivity contribution in [2.75, 3.05) is 26.4 Å². The predicted octanol–water partition coefficient (Wildman–Crippen LogP) is 1.95. The van der Waals surface area contributed by atoms with Crippen LogP contribution in [0.15, 0.2) is 0 Å². The van der Waals surface area contributed by atoms with E-state index in [1.165, 1.54) is 0 Å². The van der Waals surface area contributed by atoms with Gasteiger partial charge in [0.25, 0.3) is 0 Å². The first-order chi connectivity index (χ1) is 11.2. The van der Waals surface area contributed by atoms with Crippen LogP contribution in [0.5, 0.6) is 0 Å². The number of aliphatic hydroxyl groups excluding tert-OH is 1. The molecular weight excluding hydrogens is 296 g/mol. The SMILES string of the molecule is O[C@H]1C[C@]2(CCCO2)[C@]2(CCCO2)[C@]2(CCCO2)[C@]12CCCO2. The molecule has 5 aliphatic rings.